The van der Waals surface area contributed by atoms with Gasteiger partial charge in [0, 0.05) is 0 Å². The van der Waals surface area contributed by atoms with E-state index >= 15 is 0 Å². The topological polar surface area (TPSA) is 84.7 Å². The summed E-state index contributed by atoms with van der Waals surface area (Å²) >= 11 is 1.15. The molecular formula is C6H7N3O3S. The first kappa shape index (κ1) is 9.59. The number of aromatic nitrogens is 2. The summed E-state index contributed by atoms with van der Waals surface area (Å²) in [6.07, 6.45) is 0. The van der Waals surface area contributed by atoms with Crippen molar-refractivity contribution in [2.45, 2.75) is 6.92 Å². The number of oxime groups is 1. The van der Waals surface area contributed by atoms with Crippen molar-refractivity contribution >= 4 is 23.0 Å². The highest BCUT2D eigenvalue weighted by atomic mass is 32.1. The second-order valence-electron chi connectivity index (χ2n) is 2.05. The predicted molar refractivity (Wildman–Crippen MR) is 45.8 cm³/mol. The van der Waals surface area contributed by atoms with Crippen LogP contribution in [0.25, 0.3) is 0 Å². The highest BCUT2D eigenvalue weighted by Gasteiger charge is 2.17. The predicted octanol–water partition coefficient (Wildman–Crippen LogP) is 0.282. The second-order valence-corrected chi connectivity index (χ2v) is 3.24. The lowest BCUT2D eigenvalue weighted by molar-refractivity contribution is -0.129. The van der Waals surface area contributed by atoms with Crippen LogP contribution in [-0.2, 0) is 9.63 Å². The molecule has 0 radical (unpaired) electrons. The third-order valence-corrected chi connectivity index (χ3v) is 1.96. The van der Waals surface area contributed by atoms with Crippen LogP contribution in [0.5, 0.6) is 0 Å². The van der Waals surface area contributed by atoms with E-state index in [4.69, 9.17) is 5.11 Å². The zero-order valence-corrected chi connectivity index (χ0v) is 7.83. The number of rotatable bonds is 3. The van der Waals surface area contributed by atoms with E-state index in [1.165, 1.54) is 7.11 Å². The van der Waals surface area contributed by atoms with Gasteiger partial charge in [-0.2, -0.15) is 0 Å². The van der Waals surface area contributed by atoms with Crippen LogP contribution in [0, 0.1) is 6.92 Å². The van der Waals surface area contributed by atoms with Crippen LogP contribution in [0.3, 0.4) is 0 Å². The highest BCUT2D eigenvalue weighted by molar-refractivity contribution is 7.14. The van der Waals surface area contributed by atoms with Crippen molar-refractivity contribution in [2.24, 2.45) is 5.16 Å². The minimum atomic E-state index is -1.18. The van der Waals surface area contributed by atoms with Gasteiger partial charge in [0.05, 0.1) is 0 Å². The summed E-state index contributed by atoms with van der Waals surface area (Å²) in [4.78, 5) is 15.0. The van der Waals surface area contributed by atoms with E-state index in [1.807, 2.05) is 0 Å². The van der Waals surface area contributed by atoms with E-state index in [9.17, 15) is 4.79 Å². The molecule has 7 heteroatoms. The molecule has 0 amide bonds. The molecule has 0 aliphatic carbocycles. The Morgan fingerprint density at radius 2 is 2.31 bits per heavy atom. The molecule has 0 bridgehead atoms. The number of aryl methyl sites for hydroxylation is 1. The first-order valence-corrected chi connectivity index (χ1v) is 4.11. The Morgan fingerprint density at radius 1 is 1.62 bits per heavy atom. The zero-order chi connectivity index (χ0) is 9.84. The fourth-order valence-corrected chi connectivity index (χ4v) is 1.32. The average Bonchev–Trinajstić information content (AvgIpc) is 2.46. The number of carboxylic acid groups (broad SMARTS) is 1. The largest absolute Gasteiger partial charge is 0.476 e. The van der Waals surface area contributed by atoms with Crippen molar-refractivity contribution in [3.8, 4) is 0 Å². The van der Waals surface area contributed by atoms with Gasteiger partial charge in [-0.25, -0.2) is 4.79 Å². The number of carbonyl (C=O) groups is 1. The number of hydrogen-bond acceptors (Lipinski definition) is 6. The third kappa shape index (κ3) is 2.22. The van der Waals surface area contributed by atoms with Crippen LogP contribution in [-0.4, -0.2) is 34.1 Å². The standard InChI is InChI=1S/C6H7N3O3S/c1-3-7-8-5(13-3)4(6(10)11)9-12-2/h1-2H3,(H,10,11)/b9-4+. The molecule has 0 aliphatic heterocycles. The molecule has 0 spiro atoms. The van der Waals surface area contributed by atoms with Gasteiger partial charge in [0.2, 0.25) is 5.71 Å². The molecular weight excluding hydrogens is 194 g/mol. The Kier molecular flexibility index (Phi) is 2.91. The van der Waals surface area contributed by atoms with Gasteiger partial charge in [-0.05, 0) is 6.92 Å². The van der Waals surface area contributed by atoms with Gasteiger partial charge in [-0.15, -0.1) is 10.2 Å². The van der Waals surface area contributed by atoms with Gasteiger partial charge in [0.15, 0.2) is 5.01 Å². The SMILES string of the molecule is CO/N=C(/C(=O)O)c1nnc(C)s1. The maximum atomic E-state index is 10.6. The Hall–Kier alpha value is -1.50. The van der Waals surface area contributed by atoms with E-state index < -0.39 is 5.97 Å². The first-order chi connectivity index (χ1) is 6.15. The lowest BCUT2D eigenvalue weighted by atomic mass is 10.4. The van der Waals surface area contributed by atoms with E-state index in [-0.39, 0.29) is 10.7 Å². The number of hydrogen-bond donors (Lipinski definition) is 1. The van der Waals surface area contributed by atoms with Crippen LogP contribution in [0.2, 0.25) is 0 Å². The van der Waals surface area contributed by atoms with Gasteiger partial charge in [0.1, 0.15) is 12.1 Å². The number of nitrogens with zero attached hydrogens (tertiary/aromatic N) is 3. The lowest BCUT2D eigenvalue weighted by Gasteiger charge is -1.92. The van der Waals surface area contributed by atoms with Crippen LogP contribution in [0.4, 0.5) is 0 Å². The van der Waals surface area contributed by atoms with Crippen molar-refractivity contribution in [2.75, 3.05) is 7.11 Å². The summed E-state index contributed by atoms with van der Waals surface area (Å²) in [7, 11) is 1.27. The second kappa shape index (κ2) is 3.94. The Labute approximate surface area is 77.9 Å². The molecule has 0 aromatic carbocycles. The molecule has 13 heavy (non-hydrogen) atoms. The molecule has 0 aliphatic rings. The van der Waals surface area contributed by atoms with Crippen molar-refractivity contribution in [3.63, 3.8) is 0 Å². The Bertz CT molecular complexity index is 347. The highest BCUT2D eigenvalue weighted by Crippen LogP contribution is 2.09. The summed E-state index contributed by atoms with van der Waals surface area (Å²) in [6.45, 7) is 1.73. The molecule has 0 saturated carbocycles. The molecule has 70 valence electrons. The van der Waals surface area contributed by atoms with E-state index in [2.05, 4.69) is 20.2 Å². The van der Waals surface area contributed by atoms with Crippen LogP contribution in [0.15, 0.2) is 5.16 Å². The summed E-state index contributed by atoms with van der Waals surface area (Å²) in [5, 5.41) is 20.3. The van der Waals surface area contributed by atoms with Gasteiger partial charge in [0.25, 0.3) is 0 Å². The normalized spacial score (nSPS) is 11.4. The van der Waals surface area contributed by atoms with Crippen molar-refractivity contribution in [1.82, 2.24) is 10.2 Å². The summed E-state index contributed by atoms with van der Waals surface area (Å²) in [5.41, 5.74) is -0.229. The first-order valence-electron chi connectivity index (χ1n) is 3.30. The summed E-state index contributed by atoms with van der Waals surface area (Å²) in [5.74, 6) is -1.18. The van der Waals surface area contributed by atoms with Crippen LogP contribution in [0.1, 0.15) is 10.0 Å². The molecule has 1 aromatic rings. The maximum absolute atomic E-state index is 10.6. The fraction of sp³-hybridized carbons (Fsp3) is 0.333. The molecule has 0 fully saturated rings. The van der Waals surface area contributed by atoms with Crippen molar-refractivity contribution in [3.05, 3.63) is 10.0 Å². The molecule has 1 N–H and O–H groups in total. The molecule has 0 unspecified atom stereocenters. The lowest BCUT2D eigenvalue weighted by Crippen LogP contribution is -2.14. The van der Waals surface area contributed by atoms with Crippen LogP contribution < -0.4 is 0 Å². The third-order valence-electron chi connectivity index (χ3n) is 1.11. The maximum Gasteiger partial charge on any atom is 0.361 e. The quantitative estimate of drug-likeness (QED) is 0.561. The van der Waals surface area contributed by atoms with Crippen LogP contribution >= 0.6 is 11.3 Å². The zero-order valence-electron chi connectivity index (χ0n) is 7.01. The van der Waals surface area contributed by atoms with E-state index in [0.29, 0.717) is 5.01 Å². The van der Waals surface area contributed by atoms with E-state index in [0.717, 1.165) is 11.3 Å². The average molecular weight is 201 g/mol. The van der Waals surface area contributed by atoms with Gasteiger partial charge in [-0.3, -0.25) is 0 Å². The number of aliphatic carboxylic acids is 1. The molecule has 1 aromatic heterocycles. The molecule has 0 atom stereocenters. The molecule has 0 saturated heterocycles. The summed E-state index contributed by atoms with van der Waals surface area (Å²) in [6, 6.07) is 0. The Balaban J connectivity index is 3.02. The molecule has 6 nitrogen and oxygen atoms in total. The van der Waals surface area contributed by atoms with Crippen molar-refractivity contribution < 1.29 is 14.7 Å². The minimum Gasteiger partial charge on any atom is -0.476 e. The van der Waals surface area contributed by atoms with E-state index in [1.54, 1.807) is 6.92 Å². The minimum absolute atomic E-state index is 0.229. The Morgan fingerprint density at radius 3 is 2.69 bits per heavy atom. The van der Waals surface area contributed by atoms with Gasteiger partial charge in [-0.1, -0.05) is 16.5 Å². The molecule has 1 heterocycles. The van der Waals surface area contributed by atoms with Crippen molar-refractivity contribution in [1.29, 1.82) is 0 Å². The van der Waals surface area contributed by atoms with Gasteiger partial charge < -0.3 is 9.94 Å². The monoisotopic (exact) mass is 201 g/mol. The fourth-order valence-electron chi connectivity index (χ4n) is 0.653. The van der Waals surface area contributed by atoms with Gasteiger partial charge >= 0.3 is 5.97 Å². The smallest absolute Gasteiger partial charge is 0.361 e. The molecule has 1 rings (SSSR count). The summed E-state index contributed by atoms with van der Waals surface area (Å²) < 4.78 is 0. The number of carboxylic acids is 1.